The molecule has 1 atom stereocenters. The van der Waals surface area contributed by atoms with Crippen LogP contribution in [-0.4, -0.2) is 39.9 Å². The molecule has 2 heterocycles. The summed E-state index contributed by atoms with van der Waals surface area (Å²) < 4.78 is 0. The van der Waals surface area contributed by atoms with Crippen molar-refractivity contribution < 1.29 is 19.5 Å². The predicted molar refractivity (Wildman–Crippen MR) is 98.2 cm³/mol. The number of carbonyl (C=O) groups excluding carboxylic acids is 2. The van der Waals surface area contributed by atoms with Crippen molar-refractivity contribution in [2.75, 3.05) is 6.54 Å². The molecule has 1 aromatic carbocycles. The van der Waals surface area contributed by atoms with Crippen LogP contribution in [0.4, 0.5) is 0 Å². The molecule has 1 aromatic heterocycles. The third kappa shape index (κ3) is 3.48. The lowest BCUT2D eigenvalue weighted by Gasteiger charge is -2.31. The lowest BCUT2D eigenvalue weighted by atomic mass is 9.98. The third-order valence-electron chi connectivity index (χ3n) is 4.75. The van der Waals surface area contributed by atoms with Gasteiger partial charge in [0.1, 0.15) is 5.54 Å². The Hall–Kier alpha value is -2.67. The topological polar surface area (TPSA) is 86.7 Å². The van der Waals surface area contributed by atoms with E-state index in [4.69, 9.17) is 0 Å². The van der Waals surface area contributed by atoms with E-state index in [-0.39, 0.29) is 11.8 Å². The van der Waals surface area contributed by atoms with E-state index >= 15 is 0 Å². The normalized spacial score (nSPS) is 19.3. The first kappa shape index (κ1) is 18.1. The zero-order valence-corrected chi connectivity index (χ0v) is 15.2. The van der Waals surface area contributed by atoms with Crippen LogP contribution in [0.3, 0.4) is 0 Å². The zero-order chi connectivity index (χ0) is 18.7. The molecule has 1 aliphatic heterocycles. The van der Waals surface area contributed by atoms with Crippen LogP contribution in [0.1, 0.15) is 45.4 Å². The van der Waals surface area contributed by atoms with Crippen LogP contribution >= 0.6 is 11.3 Å². The maximum atomic E-state index is 12.7. The number of hydrogen-bond acceptors (Lipinski definition) is 4. The van der Waals surface area contributed by atoms with Crippen molar-refractivity contribution in [2.45, 2.75) is 31.8 Å². The third-order valence-corrected chi connectivity index (χ3v) is 5.61. The van der Waals surface area contributed by atoms with Gasteiger partial charge in [-0.3, -0.25) is 9.59 Å². The number of carboxylic acid groups (broad SMARTS) is 1. The summed E-state index contributed by atoms with van der Waals surface area (Å²) in [6, 6.07) is 10.5. The average Bonchev–Trinajstić information content (AvgIpc) is 3.30. The minimum Gasteiger partial charge on any atom is -0.480 e. The van der Waals surface area contributed by atoms with Gasteiger partial charge >= 0.3 is 5.97 Å². The summed E-state index contributed by atoms with van der Waals surface area (Å²) >= 11 is 1.38. The molecule has 0 aliphatic carbocycles. The summed E-state index contributed by atoms with van der Waals surface area (Å²) in [5.41, 5.74) is 0.173. The van der Waals surface area contributed by atoms with E-state index in [0.717, 1.165) is 5.56 Å². The van der Waals surface area contributed by atoms with Gasteiger partial charge in [0.15, 0.2) is 0 Å². The van der Waals surface area contributed by atoms with Crippen molar-refractivity contribution in [3.8, 4) is 0 Å². The number of likely N-dealkylation sites (tertiary alicyclic amines) is 1. The van der Waals surface area contributed by atoms with Crippen LogP contribution < -0.4 is 5.32 Å². The fourth-order valence-corrected chi connectivity index (χ4v) is 3.75. The van der Waals surface area contributed by atoms with Crippen molar-refractivity contribution >= 4 is 29.1 Å². The van der Waals surface area contributed by atoms with E-state index in [1.807, 2.05) is 11.4 Å². The molecule has 0 radical (unpaired) electrons. The number of thiophene rings is 1. The van der Waals surface area contributed by atoms with Crippen molar-refractivity contribution in [2.24, 2.45) is 0 Å². The summed E-state index contributed by atoms with van der Waals surface area (Å²) in [5.74, 6) is -1.38. The number of aliphatic carboxylic acids is 1. The minimum absolute atomic E-state index is 0.130. The van der Waals surface area contributed by atoms with Crippen LogP contribution in [0, 0.1) is 0 Å². The molecular weight excluding hydrogens is 352 g/mol. The van der Waals surface area contributed by atoms with Crippen LogP contribution in [-0.2, 0) is 11.3 Å². The van der Waals surface area contributed by atoms with Crippen molar-refractivity contribution in [1.29, 1.82) is 0 Å². The maximum Gasteiger partial charge on any atom is 0.329 e. The molecule has 3 rings (SSSR count). The molecule has 26 heavy (non-hydrogen) atoms. The van der Waals surface area contributed by atoms with Crippen LogP contribution in [0.2, 0.25) is 0 Å². The van der Waals surface area contributed by atoms with E-state index < -0.39 is 11.5 Å². The van der Waals surface area contributed by atoms with Gasteiger partial charge in [0.2, 0.25) is 0 Å². The molecule has 2 amide bonds. The first-order valence-electron chi connectivity index (χ1n) is 8.38. The standard InChI is InChI=1S/C19H20N2O4S/c1-19(18(24)25)9-3-10-21(19)17(23)14-7-5-13(6-8-14)12-20-16(22)15-4-2-11-26-15/h2,4-8,11H,3,9-10,12H2,1H3,(H,20,22)(H,24,25). The highest BCUT2D eigenvalue weighted by molar-refractivity contribution is 7.12. The second-order valence-electron chi connectivity index (χ2n) is 6.50. The van der Waals surface area contributed by atoms with Crippen LogP contribution in [0.15, 0.2) is 41.8 Å². The molecule has 7 heteroatoms. The van der Waals surface area contributed by atoms with E-state index in [0.29, 0.717) is 36.4 Å². The Balaban J connectivity index is 1.65. The number of rotatable bonds is 5. The number of amides is 2. The molecule has 0 saturated carbocycles. The number of nitrogens with one attached hydrogen (secondary N) is 1. The highest BCUT2D eigenvalue weighted by Gasteiger charge is 2.46. The second kappa shape index (κ2) is 7.29. The van der Waals surface area contributed by atoms with Crippen molar-refractivity contribution in [3.05, 3.63) is 57.8 Å². The van der Waals surface area contributed by atoms with E-state index in [2.05, 4.69) is 5.32 Å². The van der Waals surface area contributed by atoms with Gasteiger partial charge in [-0.2, -0.15) is 0 Å². The Morgan fingerprint density at radius 1 is 1.23 bits per heavy atom. The Morgan fingerprint density at radius 3 is 2.58 bits per heavy atom. The van der Waals surface area contributed by atoms with Gasteiger partial charge in [0.25, 0.3) is 11.8 Å². The second-order valence-corrected chi connectivity index (χ2v) is 7.44. The van der Waals surface area contributed by atoms with Gasteiger partial charge in [-0.05, 0) is 48.9 Å². The molecule has 1 aliphatic rings. The van der Waals surface area contributed by atoms with E-state index in [9.17, 15) is 19.5 Å². The lowest BCUT2D eigenvalue weighted by Crippen LogP contribution is -2.50. The van der Waals surface area contributed by atoms with Gasteiger partial charge in [0, 0.05) is 18.7 Å². The minimum atomic E-state index is -1.15. The molecule has 0 spiro atoms. The summed E-state index contributed by atoms with van der Waals surface area (Å²) in [5, 5.41) is 14.1. The van der Waals surface area contributed by atoms with Crippen LogP contribution in [0.25, 0.3) is 0 Å². The summed E-state index contributed by atoms with van der Waals surface area (Å²) in [6.45, 7) is 2.40. The Morgan fingerprint density at radius 2 is 1.96 bits per heavy atom. The zero-order valence-electron chi connectivity index (χ0n) is 14.4. The highest BCUT2D eigenvalue weighted by Crippen LogP contribution is 2.30. The monoisotopic (exact) mass is 372 g/mol. The van der Waals surface area contributed by atoms with Gasteiger partial charge in [-0.15, -0.1) is 11.3 Å². The fraction of sp³-hybridized carbons (Fsp3) is 0.316. The number of benzene rings is 1. The van der Waals surface area contributed by atoms with Gasteiger partial charge in [-0.25, -0.2) is 4.79 Å². The summed E-state index contributed by atoms with van der Waals surface area (Å²) in [4.78, 5) is 38.3. The van der Waals surface area contributed by atoms with Gasteiger partial charge < -0.3 is 15.3 Å². The molecule has 2 N–H and O–H groups in total. The molecule has 0 bridgehead atoms. The molecule has 6 nitrogen and oxygen atoms in total. The molecular formula is C19H20N2O4S. The maximum absolute atomic E-state index is 12.7. The van der Waals surface area contributed by atoms with Gasteiger partial charge in [-0.1, -0.05) is 18.2 Å². The Bertz CT molecular complexity index is 817. The quantitative estimate of drug-likeness (QED) is 0.845. The average molecular weight is 372 g/mol. The lowest BCUT2D eigenvalue weighted by molar-refractivity contribution is -0.147. The van der Waals surface area contributed by atoms with E-state index in [1.54, 1.807) is 37.3 Å². The Labute approximate surface area is 155 Å². The van der Waals surface area contributed by atoms with Gasteiger partial charge in [0.05, 0.1) is 4.88 Å². The van der Waals surface area contributed by atoms with Crippen molar-refractivity contribution in [3.63, 3.8) is 0 Å². The first-order chi connectivity index (χ1) is 12.4. The molecule has 2 aromatic rings. The largest absolute Gasteiger partial charge is 0.480 e. The van der Waals surface area contributed by atoms with Crippen molar-refractivity contribution in [1.82, 2.24) is 10.2 Å². The van der Waals surface area contributed by atoms with E-state index in [1.165, 1.54) is 16.2 Å². The summed E-state index contributed by atoms with van der Waals surface area (Å²) in [7, 11) is 0. The first-order valence-corrected chi connectivity index (χ1v) is 9.26. The smallest absolute Gasteiger partial charge is 0.329 e. The summed E-state index contributed by atoms with van der Waals surface area (Å²) in [6.07, 6.45) is 1.14. The molecule has 136 valence electrons. The molecule has 1 unspecified atom stereocenters. The number of hydrogen-bond donors (Lipinski definition) is 2. The number of nitrogens with zero attached hydrogens (tertiary/aromatic N) is 1. The Kier molecular flexibility index (Phi) is 5.08. The SMILES string of the molecule is CC1(C(=O)O)CCCN1C(=O)c1ccc(CNC(=O)c2cccs2)cc1. The predicted octanol–water partition coefficient (Wildman–Crippen LogP) is 2.76. The number of carboxylic acids is 1. The highest BCUT2D eigenvalue weighted by atomic mass is 32.1. The van der Waals surface area contributed by atoms with Crippen LogP contribution in [0.5, 0.6) is 0 Å². The molecule has 1 fully saturated rings. The molecule has 1 saturated heterocycles. The number of carbonyl (C=O) groups is 3. The fourth-order valence-electron chi connectivity index (χ4n) is 3.11.